The quantitative estimate of drug-likeness (QED) is 0.689. The Morgan fingerprint density at radius 3 is 2.75 bits per heavy atom. The van der Waals surface area contributed by atoms with Crippen LogP contribution in [0.15, 0.2) is 50.1 Å². The minimum absolute atomic E-state index is 0.296. The van der Waals surface area contributed by atoms with E-state index in [-0.39, 0.29) is 5.38 Å². The second-order valence-corrected chi connectivity index (χ2v) is 6.05. The molecule has 0 aliphatic rings. The largest absolute Gasteiger partial charge is 0.417 e. The van der Waals surface area contributed by atoms with Crippen LogP contribution in [0.5, 0.6) is 0 Å². The highest BCUT2D eigenvalue weighted by molar-refractivity contribution is 9.10. The van der Waals surface area contributed by atoms with Crippen LogP contribution in [0.3, 0.4) is 0 Å². The average Bonchev–Trinajstić information content (AvgIpc) is 2.75. The molecule has 0 bridgehead atoms. The number of H-pyrrole nitrogens is 1. The monoisotopic (exact) mass is 351 g/mol. The van der Waals surface area contributed by atoms with Crippen LogP contribution in [0.2, 0.25) is 0 Å². The zero-order valence-electron chi connectivity index (χ0n) is 10.6. The molecule has 0 aliphatic carbocycles. The Morgan fingerprint density at radius 1 is 1.20 bits per heavy atom. The lowest BCUT2D eigenvalue weighted by Crippen LogP contribution is -1.94. The molecule has 0 radical (unpaired) electrons. The fourth-order valence-corrected chi connectivity index (χ4v) is 3.11. The third-order valence-corrected chi connectivity index (χ3v) is 4.06. The number of aryl methyl sites for hydroxylation is 1. The summed E-state index contributed by atoms with van der Waals surface area (Å²) in [5.41, 5.74) is 4.21. The predicted octanol–water partition coefficient (Wildman–Crippen LogP) is 4.52. The summed E-state index contributed by atoms with van der Waals surface area (Å²) in [4.78, 5) is 13.8. The smallest absolute Gasteiger partial charge is 0.408 e. The fourth-order valence-electron chi connectivity index (χ4n) is 2.22. The highest BCUT2D eigenvalue weighted by Gasteiger charge is 2.13. The molecule has 1 N–H and O–H groups in total. The Balaban J connectivity index is 2.06. The summed E-state index contributed by atoms with van der Waals surface area (Å²) in [5, 5.41) is -0.296. The number of nitrogens with one attached hydrogen (secondary N) is 1. The van der Waals surface area contributed by atoms with Gasteiger partial charge in [-0.1, -0.05) is 28.1 Å². The fraction of sp³-hybridized carbons (Fsp3) is 0.133. The number of oxazole rings is 1. The minimum Gasteiger partial charge on any atom is -0.408 e. The van der Waals surface area contributed by atoms with E-state index in [0.29, 0.717) is 11.1 Å². The van der Waals surface area contributed by atoms with Gasteiger partial charge in [-0.15, -0.1) is 11.6 Å². The van der Waals surface area contributed by atoms with Gasteiger partial charge in [0, 0.05) is 4.47 Å². The highest BCUT2D eigenvalue weighted by atomic mass is 79.9. The van der Waals surface area contributed by atoms with Crippen LogP contribution < -0.4 is 5.76 Å². The number of benzene rings is 2. The van der Waals surface area contributed by atoms with Crippen LogP contribution in [-0.4, -0.2) is 4.98 Å². The van der Waals surface area contributed by atoms with Crippen molar-refractivity contribution < 1.29 is 4.42 Å². The van der Waals surface area contributed by atoms with Crippen molar-refractivity contribution in [2.24, 2.45) is 0 Å². The number of hydrogen-bond donors (Lipinski definition) is 1. The van der Waals surface area contributed by atoms with Gasteiger partial charge in [0.2, 0.25) is 0 Å². The molecule has 2 aromatic carbocycles. The standard InChI is InChI=1S/C15H11BrClNO2/c1-8-4-10(6-11(16)5-8)14(17)9-2-3-12-13(7-9)20-15(19)18-12/h2-7,14H,1H3,(H,18,19). The van der Waals surface area contributed by atoms with E-state index in [2.05, 4.69) is 20.9 Å². The van der Waals surface area contributed by atoms with Gasteiger partial charge in [0.15, 0.2) is 5.58 Å². The van der Waals surface area contributed by atoms with E-state index in [1.807, 2.05) is 31.2 Å². The van der Waals surface area contributed by atoms with Crippen molar-refractivity contribution in [3.05, 3.63) is 68.1 Å². The van der Waals surface area contributed by atoms with E-state index >= 15 is 0 Å². The molecule has 3 rings (SSSR count). The zero-order valence-corrected chi connectivity index (χ0v) is 13.0. The SMILES string of the molecule is Cc1cc(Br)cc(C(Cl)c2ccc3[nH]c(=O)oc3c2)c1. The molecule has 1 unspecified atom stereocenters. The molecule has 3 aromatic rings. The molecule has 20 heavy (non-hydrogen) atoms. The molecule has 1 aromatic heterocycles. The molecule has 102 valence electrons. The van der Waals surface area contributed by atoms with Crippen LogP contribution in [0, 0.1) is 6.92 Å². The van der Waals surface area contributed by atoms with E-state index in [9.17, 15) is 4.79 Å². The number of fused-ring (bicyclic) bond motifs is 1. The third kappa shape index (κ3) is 2.53. The average molecular weight is 353 g/mol. The zero-order chi connectivity index (χ0) is 14.3. The summed E-state index contributed by atoms with van der Waals surface area (Å²) in [6, 6.07) is 11.5. The Morgan fingerprint density at radius 2 is 2.00 bits per heavy atom. The lowest BCUT2D eigenvalue weighted by Gasteiger charge is -2.11. The summed E-state index contributed by atoms with van der Waals surface area (Å²) in [6.45, 7) is 2.02. The molecule has 0 saturated heterocycles. The van der Waals surface area contributed by atoms with Gasteiger partial charge in [-0.05, 0) is 47.9 Å². The third-order valence-electron chi connectivity index (χ3n) is 3.09. The summed E-state index contributed by atoms with van der Waals surface area (Å²) in [6.07, 6.45) is 0. The van der Waals surface area contributed by atoms with Crippen LogP contribution in [-0.2, 0) is 0 Å². The van der Waals surface area contributed by atoms with E-state index in [4.69, 9.17) is 16.0 Å². The van der Waals surface area contributed by atoms with Gasteiger partial charge in [-0.25, -0.2) is 4.79 Å². The number of aromatic amines is 1. The minimum atomic E-state index is -0.457. The Bertz CT molecular complexity index is 817. The number of aromatic nitrogens is 1. The molecule has 1 heterocycles. The first-order chi connectivity index (χ1) is 9.52. The molecule has 1 atom stereocenters. The van der Waals surface area contributed by atoms with Gasteiger partial charge < -0.3 is 4.42 Å². The van der Waals surface area contributed by atoms with Crippen molar-refractivity contribution >= 4 is 38.6 Å². The van der Waals surface area contributed by atoms with Gasteiger partial charge in [0.1, 0.15) is 0 Å². The van der Waals surface area contributed by atoms with E-state index < -0.39 is 5.76 Å². The predicted molar refractivity (Wildman–Crippen MR) is 83.4 cm³/mol. The van der Waals surface area contributed by atoms with Crippen molar-refractivity contribution in [3.63, 3.8) is 0 Å². The second kappa shape index (κ2) is 5.11. The van der Waals surface area contributed by atoms with Crippen LogP contribution in [0.25, 0.3) is 11.1 Å². The van der Waals surface area contributed by atoms with Crippen LogP contribution in [0.4, 0.5) is 0 Å². The van der Waals surface area contributed by atoms with Gasteiger partial charge >= 0.3 is 5.76 Å². The van der Waals surface area contributed by atoms with Gasteiger partial charge in [-0.2, -0.15) is 0 Å². The molecular weight excluding hydrogens is 342 g/mol. The Labute approximate surface area is 128 Å². The molecule has 0 fully saturated rings. The van der Waals surface area contributed by atoms with Crippen LogP contribution in [0.1, 0.15) is 22.1 Å². The molecule has 5 heteroatoms. The number of alkyl halides is 1. The van der Waals surface area contributed by atoms with Crippen molar-refractivity contribution in [2.75, 3.05) is 0 Å². The molecule has 0 amide bonds. The molecule has 0 aliphatic heterocycles. The lowest BCUT2D eigenvalue weighted by atomic mass is 10.0. The molecular formula is C15H11BrClNO2. The van der Waals surface area contributed by atoms with Crippen LogP contribution >= 0.6 is 27.5 Å². The highest BCUT2D eigenvalue weighted by Crippen LogP contribution is 2.32. The maximum Gasteiger partial charge on any atom is 0.417 e. The number of rotatable bonds is 2. The first kappa shape index (κ1) is 13.5. The summed E-state index contributed by atoms with van der Waals surface area (Å²) < 4.78 is 6.06. The molecule has 0 spiro atoms. The first-order valence-electron chi connectivity index (χ1n) is 6.07. The molecule has 0 saturated carbocycles. The van der Waals surface area contributed by atoms with Gasteiger partial charge in [0.25, 0.3) is 0 Å². The summed E-state index contributed by atoms with van der Waals surface area (Å²) in [7, 11) is 0. The van der Waals surface area contributed by atoms with Crippen molar-refractivity contribution in [2.45, 2.75) is 12.3 Å². The van der Waals surface area contributed by atoms with E-state index in [0.717, 1.165) is 21.2 Å². The van der Waals surface area contributed by atoms with Gasteiger partial charge in [0.05, 0.1) is 10.9 Å². The van der Waals surface area contributed by atoms with Crippen molar-refractivity contribution in [3.8, 4) is 0 Å². The Kier molecular flexibility index (Phi) is 3.44. The second-order valence-electron chi connectivity index (χ2n) is 4.69. The molecule has 3 nitrogen and oxygen atoms in total. The summed E-state index contributed by atoms with van der Waals surface area (Å²) >= 11 is 10.0. The maximum atomic E-state index is 11.2. The number of hydrogen-bond acceptors (Lipinski definition) is 2. The normalized spacial score (nSPS) is 12.8. The maximum absolute atomic E-state index is 11.2. The topological polar surface area (TPSA) is 46.0 Å². The lowest BCUT2D eigenvalue weighted by molar-refractivity contribution is 0.555. The number of halogens is 2. The van der Waals surface area contributed by atoms with Crippen molar-refractivity contribution in [1.82, 2.24) is 4.98 Å². The van der Waals surface area contributed by atoms with Crippen molar-refractivity contribution in [1.29, 1.82) is 0 Å². The Hall–Kier alpha value is -1.52. The van der Waals surface area contributed by atoms with E-state index in [1.165, 1.54) is 0 Å². The van der Waals surface area contributed by atoms with E-state index in [1.54, 1.807) is 12.1 Å². The van der Waals surface area contributed by atoms with Gasteiger partial charge in [-0.3, -0.25) is 4.98 Å². The summed E-state index contributed by atoms with van der Waals surface area (Å²) in [5.74, 6) is -0.457. The first-order valence-corrected chi connectivity index (χ1v) is 7.30.